The van der Waals surface area contributed by atoms with Crippen LogP contribution in [-0.4, -0.2) is 24.0 Å². The lowest BCUT2D eigenvalue weighted by Gasteiger charge is -2.10. The summed E-state index contributed by atoms with van der Waals surface area (Å²) in [6, 6.07) is 12.6. The molecule has 0 aliphatic carbocycles. The van der Waals surface area contributed by atoms with Crippen LogP contribution in [0.4, 0.5) is 21.3 Å². The van der Waals surface area contributed by atoms with Crippen molar-refractivity contribution in [2.45, 2.75) is 20.8 Å². The molecule has 3 N–H and O–H groups in total. The summed E-state index contributed by atoms with van der Waals surface area (Å²) in [5.41, 5.74) is 3.83. The first-order chi connectivity index (χ1) is 13.9. The molecule has 0 spiro atoms. The summed E-state index contributed by atoms with van der Waals surface area (Å²) in [5, 5.41) is 8.62. The standard InChI is InChI=1S/C21H22N4O3S/c1-12-6-5-7-15(10-12)23-20(27)25-21-22-14(3)18(29-21)19(26)24-16-11-13(2)8-9-17(16)28-4/h5-11H,1-4H3,(H,24,26)(H2,22,23,25,27). The first-order valence-electron chi connectivity index (χ1n) is 8.94. The SMILES string of the molecule is COc1ccc(C)cc1NC(=O)c1sc(NC(=O)Nc2cccc(C)c2)nc1C. The number of methoxy groups -OCH3 is 1. The van der Waals surface area contributed by atoms with E-state index in [0.29, 0.717) is 32.8 Å². The second-order valence-electron chi connectivity index (χ2n) is 6.54. The van der Waals surface area contributed by atoms with Gasteiger partial charge in [-0.25, -0.2) is 9.78 Å². The van der Waals surface area contributed by atoms with Gasteiger partial charge in [-0.2, -0.15) is 0 Å². The zero-order valence-electron chi connectivity index (χ0n) is 16.6. The average molecular weight is 410 g/mol. The molecule has 0 radical (unpaired) electrons. The fraction of sp³-hybridized carbons (Fsp3) is 0.190. The van der Waals surface area contributed by atoms with Crippen LogP contribution in [0.25, 0.3) is 0 Å². The van der Waals surface area contributed by atoms with Crippen molar-refractivity contribution in [2.24, 2.45) is 0 Å². The highest BCUT2D eigenvalue weighted by Gasteiger charge is 2.18. The number of thiazole rings is 1. The summed E-state index contributed by atoms with van der Waals surface area (Å²) < 4.78 is 5.30. The lowest BCUT2D eigenvalue weighted by Crippen LogP contribution is -2.19. The number of benzene rings is 2. The zero-order chi connectivity index (χ0) is 21.0. The van der Waals surface area contributed by atoms with E-state index in [1.54, 1.807) is 26.2 Å². The summed E-state index contributed by atoms with van der Waals surface area (Å²) in [6.45, 7) is 5.60. The number of carbonyl (C=O) groups excluding carboxylic acids is 2. The Kier molecular flexibility index (Phi) is 6.13. The smallest absolute Gasteiger partial charge is 0.325 e. The molecule has 8 heteroatoms. The van der Waals surface area contributed by atoms with Crippen LogP contribution in [0.5, 0.6) is 5.75 Å². The molecule has 0 aliphatic heterocycles. The van der Waals surface area contributed by atoms with E-state index in [4.69, 9.17) is 4.74 Å². The van der Waals surface area contributed by atoms with E-state index in [9.17, 15) is 9.59 Å². The molecule has 0 atom stereocenters. The molecule has 2 aromatic carbocycles. The third-order valence-electron chi connectivity index (χ3n) is 4.10. The number of rotatable bonds is 5. The molecule has 0 fully saturated rings. The molecule has 0 unspecified atom stereocenters. The number of nitrogens with one attached hydrogen (secondary N) is 3. The van der Waals surface area contributed by atoms with Crippen molar-refractivity contribution in [2.75, 3.05) is 23.1 Å². The van der Waals surface area contributed by atoms with Crippen LogP contribution < -0.4 is 20.7 Å². The summed E-state index contributed by atoms with van der Waals surface area (Å²) in [4.78, 5) is 29.6. The van der Waals surface area contributed by atoms with Gasteiger partial charge in [0.2, 0.25) is 0 Å². The predicted molar refractivity (Wildman–Crippen MR) is 116 cm³/mol. The Morgan fingerprint density at radius 3 is 2.45 bits per heavy atom. The molecule has 7 nitrogen and oxygen atoms in total. The van der Waals surface area contributed by atoms with Crippen molar-refractivity contribution < 1.29 is 14.3 Å². The van der Waals surface area contributed by atoms with Crippen LogP contribution in [0.15, 0.2) is 42.5 Å². The van der Waals surface area contributed by atoms with Crippen molar-refractivity contribution >= 4 is 39.8 Å². The molecular formula is C21H22N4O3S. The fourth-order valence-corrected chi connectivity index (χ4v) is 3.60. The van der Waals surface area contributed by atoms with Gasteiger partial charge in [0, 0.05) is 5.69 Å². The van der Waals surface area contributed by atoms with Gasteiger partial charge < -0.3 is 15.4 Å². The van der Waals surface area contributed by atoms with Gasteiger partial charge in [0.05, 0.1) is 18.5 Å². The number of urea groups is 1. The maximum Gasteiger partial charge on any atom is 0.325 e. The molecule has 0 saturated heterocycles. The quantitative estimate of drug-likeness (QED) is 0.553. The Balaban J connectivity index is 1.70. The minimum Gasteiger partial charge on any atom is -0.495 e. The molecule has 3 rings (SSSR count). The summed E-state index contributed by atoms with van der Waals surface area (Å²) in [6.07, 6.45) is 0. The van der Waals surface area contributed by atoms with Crippen LogP contribution in [0, 0.1) is 20.8 Å². The minimum atomic E-state index is -0.420. The van der Waals surface area contributed by atoms with Crippen LogP contribution in [0.1, 0.15) is 26.5 Å². The van der Waals surface area contributed by atoms with Crippen molar-refractivity contribution in [3.05, 3.63) is 64.2 Å². The molecule has 1 aromatic heterocycles. The summed E-state index contributed by atoms with van der Waals surface area (Å²) >= 11 is 1.11. The number of aromatic nitrogens is 1. The van der Waals surface area contributed by atoms with Crippen LogP contribution >= 0.6 is 11.3 Å². The van der Waals surface area contributed by atoms with Gasteiger partial charge >= 0.3 is 6.03 Å². The molecule has 150 valence electrons. The number of amides is 3. The topological polar surface area (TPSA) is 92.4 Å². The average Bonchev–Trinajstić information content (AvgIpc) is 3.02. The van der Waals surface area contributed by atoms with E-state index in [-0.39, 0.29) is 5.91 Å². The Morgan fingerprint density at radius 1 is 0.966 bits per heavy atom. The fourth-order valence-electron chi connectivity index (χ4n) is 2.74. The van der Waals surface area contributed by atoms with Crippen molar-refractivity contribution in [1.29, 1.82) is 0 Å². The normalized spacial score (nSPS) is 10.3. The van der Waals surface area contributed by atoms with Crippen molar-refractivity contribution in [3.8, 4) is 5.75 Å². The molecule has 0 saturated carbocycles. The van der Waals surface area contributed by atoms with E-state index in [0.717, 1.165) is 22.5 Å². The third kappa shape index (κ3) is 5.11. The molecule has 3 aromatic rings. The number of ether oxygens (including phenoxy) is 1. The van der Waals surface area contributed by atoms with Gasteiger partial charge in [0.25, 0.3) is 5.91 Å². The van der Waals surface area contributed by atoms with Gasteiger partial charge in [0.1, 0.15) is 10.6 Å². The maximum atomic E-state index is 12.7. The predicted octanol–water partition coefficient (Wildman–Crippen LogP) is 4.97. The second kappa shape index (κ2) is 8.74. The molecule has 0 bridgehead atoms. The van der Waals surface area contributed by atoms with Crippen molar-refractivity contribution in [1.82, 2.24) is 4.98 Å². The van der Waals surface area contributed by atoms with Gasteiger partial charge in [-0.3, -0.25) is 10.1 Å². The molecule has 29 heavy (non-hydrogen) atoms. The Bertz CT molecular complexity index is 1060. The Morgan fingerprint density at radius 2 is 1.72 bits per heavy atom. The highest BCUT2D eigenvalue weighted by Crippen LogP contribution is 2.28. The Labute approximate surface area is 173 Å². The number of nitrogens with zero attached hydrogens (tertiary/aromatic N) is 1. The highest BCUT2D eigenvalue weighted by atomic mass is 32.1. The van der Waals surface area contributed by atoms with Gasteiger partial charge in [0.15, 0.2) is 5.13 Å². The molecular weight excluding hydrogens is 388 g/mol. The zero-order valence-corrected chi connectivity index (χ0v) is 17.4. The lowest BCUT2D eigenvalue weighted by atomic mass is 10.2. The molecule has 3 amide bonds. The van der Waals surface area contributed by atoms with Gasteiger partial charge in [-0.15, -0.1) is 0 Å². The largest absolute Gasteiger partial charge is 0.495 e. The first-order valence-corrected chi connectivity index (χ1v) is 9.75. The van der Waals surface area contributed by atoms with E-state index >= 15 is 0 Å². The highest BCUT2D eigenvalue weighted by molar-refractivity contribution is 7.17. The van der Waals surface area contributed by atoms with Crippen LogP contribution in [0.3, 0.4) is 0 Å². The van der Waals surface area contributed by atoms with Gasteiger partial charge in [-0.05, 0) is 56.2 Å². The maximum absolute atomic E-state index is 12.7. The summed E-state index contributed by atoms with van der Waals surface area (Å²) in [7, 11) is 1.55. The second-order valence-corrected chi connectivity index (χ2v) is 7.54. The number of anilines is 3. The first kappa shape index (κ1) is 20.3. The van der Waals surface area contributed by atoms with E-state index < -0.39 is 6.03 Å². The van der Waals surface area contributed by atoms with Crippen LogP contribution in [-0.2, 0) is 0 Å². The number of hydrogen-bond acceptors (Lipinski definition) is 5. The van der Waals surface area contributed by atoms with E-state index in [1.165, 1.54) is 0 Å². The van der Waals surface area contributed by atoms with E-state index in [2.05, 4.69) is 20.9 Å². The molecule has 1 heterocycles. The lowest BCUT2D eigenvalue weighted by molar-refractivity contribution is 0.102. The monoisotopic (exact) mass is 410 g/mol. The summed E-state index contributed by atoms with van der Waals surface area (Å²) in [5.74, 6) is 0.262. The third-order valence-corrected chi connectivity index (χ3v) is 5.17. The van der Waals surface area contributed by atoms with Gasteiger partial charge in [-0.1, -0.05) is 29.5 Å². The Hall–Kier alpha value is -3.39. The number of carbonyl (C=O) groups is 2. The minimum absolute atomic E-state index is 0.309. The number of hydrogen-bond donors (Lipinski definition) is 3. The number of aryl methyl sites for hydroxylation is 3. The van der Waals surface area contributed by atoms with Crippen molar-refractivity contribution in [3.63, 3.8) is 0 Å². The van der Waals surface area contributed by atoms with E-state index in [1.807, 2.05) is 44.2 Å². The van der Waals surface area contributed by atoms with Crippen LogP contribution in [0.2, 0.25) is 0 Å². The molecule has 0 aliphatic rings.